The molecule has 0 atom stereocenters. The van der Waals surface area contributed by atoms with E-state index in [1.165, 1.54) is 0 Å². The number of ketones is 1. The fourth-order valence-corrected chi connectivity index (χ4v) is 2.65. The number of nitrogen functional groups attached to an aromatic ring is 1. The molecule has 0 fully saturated rings. The molecule has 126 valence electrons. The van der Waals surface area contributed by atoms with Gasteiger partial charge in [-0.05, 0) is 24.6 Å². The second kappa shape index (κ2) is 6.27. The van der Waals surface area contributed by atoms with Gasteiger partial charge in [0.05, 0.1) is 5.52 Å². The molecule has 0 aromatic carbocycles. The van der Waals surface area contributed by atoms with Crippen molar-refractivity contribution in [3.8, 4) is 11.1 Å². The number of hydrogen-bond donors (Lipinski definition) is 2. The van der Waals surface area contributed by atoms with E-state index in [0.29, 0.717) is 34.6 Å². The number of nitrogens with zero attached hydrogens (tertiary/aromatic N) is 3. The number of primary amides is 1. The Morgan fingerprint density at radius 3 is 2.48 bits per heavy atom. The minimum Gasteiger partial charge on any atom is -0.384 e. The lowest BCUT2D eigenvalue weighted by Gasteiger charge is -2.12. The predicted octanol–water partition coefficient (Wildman–Crippen LogP) is 2.27. The van der Waals surface area contributed by atoms with Gasteiger partial charge in [0.1, 0.15) is 17.2 Å². The van der Waals surface area contributed by atoms with Crippen molar-refractivity contribution >= 4 is 28.4 Å². The van der Waals surface area contributed by atoms with Gasteiger partial charge in [0.25, 0.3) is 5.91 Å². The molecule has 0 saturated carbocycles. The van der Waals surface area contributed by atoms with E-state index >= 15 is 0 Å². The van der Waals surface area contributed by atoms with Crippen molar-refractivity contribution in [2.75, 3.05) is 5.73 Å². The summed E-state index contributed by atoms with van der Waals surface area (Å²) in [5.41, 5.74) is 14.3. The lowest BCUT2D eigenvalue weighted by molar-refractivity contribution is 0.0979. The average molecular weight is 335 g/mol. The second-order valence-corrected chi connectivity index (χ2v) is 5.71. The third-order valence-electron chi connectivity index (χ3n) is 3.96. The molecule has 0 saturated heterocycles. The van der Waals surface area contributed by atoms with Gasteiger partial charge < -0.3 is 11.5 Å². The molecule has 3 aromatic heterocycles. The number of aromatic nitrogens is 3. The van der Waals surface area contributed by atoms with Crippen LogP contribution < -0.4 is 11.5 Å². The van der Waals surface area contributed by atoms with Crippen LogP contribution in [-0.2, 0) is 0 Å². The molecule has 0 unspecified atom stereocenters. The molecule has 0 aliphatic carbocycles. The highest BCUT2D eigenvalue weighted by atomic mass is 16.1. The maximum atomic E-state index is 11.9. The Morgan fingerprint density at radius 2 is 1.84 bits per heavy atom. The number of anilines is 1. The fourth-order valence-electron chi connectivity index (χ4n) is 2.65. The number of amides is 1. The van der Waals surface area contributed by atoms with Crippen LogP contribution >= 0.6 is 0 Å². The summed E-state index contributed by atoms with van der Waals surface area (Å²) < 4.78 is 0. The smallest absolute Gasteiger partial charge is 0.267 e. The van der Waals surface area contributed by atoms with Crippen LogP contribution in [0.1, 0.15) is 39.9 Å². The van der Waals surface area contributed by atoms with Crippen molar-refractivity contribution in [2.24, 2.45) is 5.73 Å². The molecule has 7 heteroatoms. The van der Waals surface area contributed by atoms with Gasteiger partial charge in [-0.2, -0.15) is 0 Å². The second-order valence-electron chi connectivity index (χ2n) is 5.71. The largest absolute Gasteiger partial charge is 0.384 e. The Balaban J connectivity index is 2.23. The summed E-state index contributed by atoms with van der Waals surface area (Å²) in [5, 5.41) is 0.724. The van der Waals surface area contributed by atoms with Crippen molar-refractivity contribution in [3.05, 3.63) is 47.5 Å². The number of fused-ring (bicyclic) bond motifs is 1. The number of Topliss-reactive ketones (excluding diaryl/α,β-unsaturated/α-hetero) is 1. The monoisotopic (exact) mass is 335 g/mol. The number of hydrogen-bond acceptors (Lipinski definition) is 6. The van der Waals surface area contributed by atoms with Crippen LogP contribution in [0.3, 0.4) is 0 Å². The first-order valence-electron chi connectivity index (χ1n) is 7.77. The summed E-state index contributed by atoms with van der Waals surface area (Å²) in [7, 11) is 0. The number of aryl methyl sites for hydroxylation is 1. The Bertz CT molecular complexity index is 1010. The standard InChI is InChI=1S/C18H17N5O2/c1-3-15(24)14-4-9(2)12(8-21-14)11-5-10-7-22-16(19)6-13(10)23-17(11)18(20)25/h4-8H,3H2,1-2H3,(H2,19,22)(H2,20,25). The lowest BCUT2D eigenvalue weighted by Crippen LogP contribution is -2.15. The van der Waals surface area contributed by atoms with Gasteiger partial charge in [0, 0.05) is 41.4 Å². The Morgan fingerprint density at radius 1 is 1.08 bits per heavy atom. The molecule has 4 N–H and O–H groups in total. The van der Waals surface area contributed by atoms with Crippen molar-refractivity contribution in [1.82, 2.24) is 15.0 Å². The average Bonchev–Trinajstić information content (AvgIpc) is 2.59. The Kier molecular flexibility index (Phi) is 4.14. The van der Waals surface area contributed by atoms with Gasteiger partial charge in [0.15, 0.2) is 5.78 Å². The summed E-state index contributed by atoms with van der Waals surface area (Å²) >= 11 is 0. The summed E-state index contributed by atoms with van der Waals surface area (Å²) in [4.78, 5) is 36.3. The maximum Gasteiger partial charge on any atom is 0.267 e. The van der Waals surface area contributed by atoms with E-state index in [1.54, 1.807) is 37.5 Å². The molecular weight excluding hydrogens is 318 g/mol. The van der Waals surface area contributed by atoms with Crippen molar-refractivity contribution < 1.29 is 9.59 Å². The van der Waals surface area contributed by atoms with E-state index < -0.39 is 5.91 Å². The number of carbonyl (C=O) groups is 2. The number of carbonyl (C=O) groups excluding carboxylic acids is 2. The van der Waals surface area contributed by atoms with E-state index in [4.69, 9.17) is 11.5 Å². The van der Waals surface area contributed by atoms with Crippen molar-refractivity contribution in [3.63, 3.8) is 0 Å². The van der Waals surface area contributed by atoms with Crippen LogP contribution in [0, 0.1) is 6.92 Å². The molecule has 0 bridgehead atoms. The molecule has 7 nitrogen and oxygen atoms in total. The highest BCUT2D eigenvalue weighted by molar-refractivity contribution is 6.02. The van der Waals surface area contributed by atoms with Crippen molar-refractivity contribution in [1.29, 1.82) is 0 Å². The third kappa shape index (κ3) is 3.03. The number of pyridine rings is 3. The molecule has 3 rings (SSSR count). The quantitative estimate of drug-likeness (QED) is 0.705. The van der Waals surface area contributed by atoms with Crippen LogP contribution in [0.25, 0.3) is 22.0 Å². The van der Waals surface area contributed by atoms with Gasteiger partial charge >= 0.3 is 0 Å². The SMILES string of the molecule is CCC(=O)c1cc(C)c(-c2cc3cnc(N)cc3nc2C(N)=O)cn1. The zero-order valence-electron chi connectivity index (χ0n) is 13.9. The summed E-state index contributed by atoms with van der Waals surface area (Å²) in [6, 6.07) is 5.07. The van der Waals surface area contributed by atoms with Crippen LogP contribution in [0.5, 0.6) is 0 Å². The zero-order valence-corrected chi connectivity index (χ0v) is 13.9. The van der Waals surface area contributed by atoms with Crippen molar-refractivity contribution in [2.45, 2.75) is 20.3 Å². The third-order valence-corrected chi connectivity index (χ3v) is 3.96. The van der Waals surface area contributed by atoms with Gasteiger partial charge in [-0.15, -0.1) is 0 Å². The number of rotatable bonds is 4. The topological polar surface area (TPSA) is 125 Å². The highest BCUT2D eigenvalue weighted by Crippen LogP contribution is 2.29. The van der Waals surface area contributed by atoms with Crippen LogP contribution in [-0.4, -0.2) is 26.6 Å². The number of nitrogens with two attached hydrogens (primary N) is 2. The lowest BCUT2D eigenvalue weighted by atomic mass is 9.98. The van der Waals surface area contributed by atoms with Gasteiger partial charge in [-0.1, -0.05) is 6.92 Å². The molecule has 0 aliphatic rings. The first-order valence-corrected chi connectivity index (χ1v) is 7.77. The molecule has 0 radical (unpaired) electrons. The molecule has 3 heterocycles. The van der Waals surface area contributed by atoms with E-state index in [2.05, 4.69) is 15.0 Å². The molecular formula is C18H17N5O2. The van der Waals surface area contributed by atoms with Gasteiger partial charge in [-0.3, -0.25) is 14.6 Å². The van der Waals surface area contributed by atoms with Gasteiger partial charge in [-0.25, -0.2) is 9.97 Å². The summed E-state index contributed by atoms with van der Waals surface area (Å²) in [6.07, 6.45) is 3.53. The van der Waals surface area contributed by atoms with E-state index in [1.807, 2.05) is 6.92 Å². The minimum atomic E-state index is -0.652. The van der Waals surface area contributed by atoms with Crippen LogP contribution in [0.2, 0.25) is 0 Å². The van der Waals surface area contributed by atoms with E-state index in [-0.39, 0.29) is 11.5 Å². The normalized spacial score (nSPS) is 10.8. The Hall–Kier alpha value is -3.35. The first-order chi connectivity index (χ1) is 11.9. The molecule has 3 aromatic rings. The minimum absolute atomic E-state index is 0.0407. The summed E-state index contributed by atoms with van der Waals surface area (Å²) in [6.45, 7) is 3.63. The van der Waals surface area contributed by atoms with Crippen LogP contribution in [0.15, 0.2) is 30.6 Å². The Labute approximate surface area is 144 Å². The first kappa shape index (κ1) is 16.5. The van der Waals surface area contributed by atoms with Gasteiger partial charge in [0.2, 0.25) is 0 Å². The molecule has 1 amide bonds. The zero-order chi connectivity index (χ0) is 18.1. The van der Waals surface area contributed by atoms with E-state index in [0.717, 1.165) is 10.9 Å². The highest BCUT2D eigenvalue weighted by Gasteiger charge is 2.17. The molecule has 25 heavy (non-hydrogen) atoms. The predicted molar refractivity (Wildman–Crippen MR) is 95.1 cm³/mol. The van der Waals surface area contributed by atoms with E-state index in [9.17, 15) is 9.59 Å². The van der Waals surface area contributed by atoms with Crippen LogP contribution in [0.4, 0.5) is 5.82 Å². The molecule has 0 spiro atoms. The summed E-state index contributed by atoms with van der Waals surface area (Å²) in [5.74, 6) is -0.384. The fraction of sp³-hybridized carbons (Fsp3) is 0.167. The molecule has 0 aliphatic heterocycles. The maximum absolute atomic E-state index is 11.9.